The van der Waals surface area contributed by atoms with E-state index in [4.69, 9.17) is 4.74 Å². The number of nitrogens with zero attached hydrogens (tertiary/aromatic N) is 2. The number of hydrogen-bond acceptors (Lipinski definition) is 5. The molecule has 0 bridgehead atoms. The number of carbonyl (C=O) groups is 2. The molecule has 1 heterocycles. The first kappa shape index (κ1) is 19.5. The summed E-state index contributed by atoms with van der Waals surface area (Å²) in [6.45, 7) is 1.33. The summed E-state index contributed by atoms with van der Waals surface area (Å²) in [5.41, 5.74) is 0.341. The van der Waals surface area contributed by atoms with Crippen molar-refractivity contribution in [2.24, 2.45) is 0 Å². The fourth-order valence-corrected chi connectivity index (χ4v) is 3.24. The highest BCUT2D eigenvalue weighted by Crippen LogP contribution is 2.22. The number of aromatic carboxylic acids is 1. The second-order valence-electron chi connectivity index (χ2n) is 6.58. The summed E-state index contributed by atoms with van der Waals surface area (Å²) >= 11 is 0. The van der Waals surface area contributed by atoms with Crippen LogP contribution in [-0.4, -0.2) is 52.6 Å². The molecule has 146 valence electrons. The Morgan fingerprint density at radius 3 is 2.50 bits per heavy atom. The fourth-order valence-electron chi connectivity index (χ4n) is 3.24. The number of ether oxygens (including phenoxy) is 1. The van der Waals surface area contributed by atoms with Gasteiger partial charge in [-0.3, -0.25) is 14.9 Å². The lowest BCUT2D eigenvalue weighted by Gasteiger charge is -2.28. The summed E-state index contributed by atoms with van der Waals surface area (Å²) in [5.74, 6) is -1.75. The van der Waals surface area contributed by atoms with E-state index < -0.39 is 22.5 Å². The number of benzene rings is 2. The standard InChI is InChI=1S/C20H20N2O6/c23-19(15-10-16(20(24)25)12-18(11-15)22(26)27)21(17-7-9-28-13-17)8-6-14-4-2-1-3-5-14/h1-5,10-12,17H,6-9,13H2,(H,24,25). The Kier molecular flexibility index (Phi) is 6.00. The summed E-state index contributed by atoms with van der Waals surface area (Å²) in [4.78, 5) is 36.6. The Morgan fingerprint density at radius 2 is 1.89 bits per heavy atom. The first-order chi connectivity index (χ1) is 13.5. The van der Waals surface area contributed by atoms with E-state index in [2.05, 4.69) is 0 Å². The quantitative estimate of drug-likeness (QED) is 0.581. The number of carboxylic acid groups (broad SMARTS) is 1. The van der Waals surface area contributed by atoms with Gasteiger partial charge in [0, 0.05) is 30.8 Å². The van der Waals surface area contributed by atoms with Gasteiger partial charge in [-0.1, -0.05) is 30.3 Å². The molecule has 2 aromatic rings. The highest BCUT2D eigenvalue weighted by Gasteiger charge is 2.29. The lowest BCUT2D eigenvalue weighted by Crippen LogP contribution is -2.42. The van der Waals surface area contributed by atoms with Crippen LogP contribution < -0.4 is 0 Å². The van der Waals surface area contributed by atoms with Crippen LogP contribution in [0.15, 0.2) is 48.5 Å². The molecule has 0 radical (unpaired) electrons. The molecule has 0 saturated carbocycles. The van der Waals surface area contributed by atoms with Crippen molar-refractivity contribution in [2.75, 3.05) is 19.8 Å². The molecule has 28 heavy (non-hydrogen) atoms. The zero-order valence-corrected chi connectivity index (χ0v) is 15.1. The van der Waals surface area contributed by atoms with Crippen LogP contribution in [-0.2, 0) is 11.2 Å². The Balaban J connectivity index is 1.89. The highest BCUT2D eigenvalue weighted by atomic mass is 16.6. The zero-order valence-electron chi connectivity index (χ0n) is 15.1. The number of rotatable bonds is 7. The third kappa shape index (κ3) is 4.52. The second-order valence-corrected chi connectivity index (χ2v) is 6.58. The number of carboxylic acids is 1. The molecule has 3 rings (SSSR count). The van der Waals surface area contributed by atoms with Gasteiger partial charge in [-0.25, -0.2) is 4.79 Å². The number of amides is 1. The molecular formula is C20H20N2O6. The molecule has 1 amide bonds. The summed E-state index contributed by atoms with van der Waals surface area (Å²) in [5, 5.41) is 20.4. The molecule has 1 fully saturated rings. The molecule has 1 aliphatic heterocycles. The van der Waals surface area contributed by atoms with Gasteiger partial charge in [-0.05, 0) is 24.5 Å². The van der Waals surface area contributed by atoms with Crippen LogP contribution in [0.5, 0.6) is 0 Å². The molecule has 0 aromatic heterocycles. The van der Waals surface area contributed by atoms with Crippen molar-refractivity contribution in [1.82, 2.24) is 4.90 Å². The van der Waals surface area contributed by atoms with Crippen molar-refractivity contribution >= 4 is 17.6 Å². The lowest BCUT2D eigenvalue weighted by atomic mass is 10.1. The van der Waals surface area contributed by atoms with E-state index >= 15 is 0 Å². The monoisotopic (exact) mass is 384 g/mol. The van der Waals surface area contributed by atoms with Gasteiger partial charge in [0.05, 0.1) is 23.1 Å². The van der Waals surface area contributed by atoms with Crippen LogP contribution in [0.1, 0.15) is 32.7 Å². The predicted molar refractivity (Wildman–Crippen MR) is 100 cm³/mol. The van der Waals surface area contributed by atoms with Crippen LogP contribution in [0.3, 0.4) is 0 Å². The van der Waals surface area contributed by atoms with E-state index in [0.29, 0.717) is 32.6 Å². The van der Waals surface area contributed by atoms with Crippen LogP contribution in [0.4, 0.5) is 5.69 Å². The Bertz CT molecular complexity index is 845. The maximum atomic E-state index is 13.2. The van der Waals surface area contributed by atoms with E-state index in [1.807, 2.05) is 30.3 Å². The molecule has 1 aliphatic rings. The van der Waals surface area contributed by atoms with Gasteiger partial charge < -0.3 is 14.7 Å². The normalized spacial score (nSPS) is 15.9. The highest BCUT2D eigenvalue weighted by molar-refractivity contribution is 5.98. The van der Waals surface area contributed by atoms with Gasteiger partial charge >= 0.3 is 5.97 Å². The lowest BCUT2D eigenvalue weighted by molar-refractivity contribution is -0.384. The predicted octanol–water partition coefficient (Wildman–Crippen LogP) is 2.77. The molecule has 8 heteroatoms. The Morgan fingerprint density at radius 1 is 1.18 bits per heavy atom. The van der Waals surface area contributed by atoms with Crippen molar-refractivity contribution in [2.45, 2.75) is 18.9 Å². The molecule has 1 atom stereocenters. The van der Waals surface area contributed by atoms with Gasteiger partial charge in [0.15, 0.2) is 0 Å². The second kappa shape index (κ2) is 8.62. The minimum absolute atomic E-state index is 0.00781. The first-order valence-corrected chi connectivity index (χ1v) is 8.91. The number of hydrogen-bond donors (Lipinski definition) is 1. The molecule has 1 N–H and O–H groups in total. The number of non-ortho nitro benzene ring substituents is 1. The zero-order chi connectivity index (χ0) is 20.1. The summed E-state index contributed by atoms with van der Waals surface area (Å²) in [6.07, 6.45) is 1.28. The fraction of sp³-hybridized carbons (Fsp3) is 0.300. The topological polar surface area (TPSA) is 110 Å². The average molecular weight is 384 g/mol. The van der Waals surface area contributed by atoms with Crippen LogP contribution in [0, 0.1) is 10.1 Å². The van der Waals surface area contributed by atoms with Gasteiger partial charge in [0.25, 0.3) is 11.6 Å². The number of nitro groups is 1. The smallest absolute Gasteiger partial charge is 0.335 e. The van der Waals surface area contributed by atoms with E-state index in [9.17, 15) is 24.8 Å². The molecule has 2 aromatic carbocycles. The molecule has 0 spiro atoms. The third-order valence-electron chi connectivity index (χ3n) is 4.71. The van der Waals surface area contributed by atoms with E-state index in [-0.39, 0.29) is 17.2 Å². The van der Waals surface area contributed by atoms with Gasteiger partial charge in [-0.15, -0.1) is 0 Å². The largest absolute Gasteiger partial charge is 0.478 e. The molecular weight excluding hydrogens is 364 g/mol. The SMILES string of the molecule is O=C(O)c1cc(C(=O)N(CCc2ccccc2)C2CCOC2)cc([N+](=O)[O-])c1. The summed E-state index contributed by atoms with van der Waals surface area (Å²) < 4.78 is 5.40. The van der Waals surface area contributed by atoms with E-state index in [1.54, 1.807) is 4.90 Å². The van der Waals surface area contributed by atoms with Gasteiger partial charge in [0.2, 0.25) is 0 Å². The molecule has 0 aliphatic carbocycles. The van der Waals surface area contributed by atoms with Crippen LogP contribution in [0.25, 0.3) is 0 Å². The Labute approximate surface area is 161 Å². The van der Waals surface area contributed by atoms with E-state index in [1.165, 1.54) is 6.07 Å². The maximum absolute atomic E-state index is 13.2. The minimum Gasteiger partial charge on any atom is -0.478 e. The van der Waals surface area contributed by atoms with Crippen molar-refractivity contribution < 1.29 is 24.4 Å². The van der Waals surface area contributed by atoms with Crippen molar-refractivity contribution in [1.29, 1.82) is 0 Å². The van der Waals surface area contributed by atoms with Crippen LogP contribution in [0.2, 0.25) is 0 Å². The van der Waals surface area contributed by atoms with Crippen molar-refractivity contribution in [3.05, 3.63) is 75.3 Å². The first-order valence-electron chi connectivity index (χ1n) is 8.91. The average Bonchev–Trinajstić information content (AvgIpc) is 3.23. The van der Waals surface area contributed by atoms with E-state index in [0.717, 1.165) is 17.7 Å². The molecule has 8 nitrogen and oxygen atoms in total. The molecule has 1 saturated heterocycles. The van der Waals surface area contributed by atoms with Gasteiger partial charge in [0.1, 0.15) is 0 Å². The molecule has 1 unspecified atom stereocenters. The maximum Gasteiger partial charge on any atom is 0.335 e. The minimum atomic E-state index is -1.32. The van der Waals surface area contributed by atoms with Crippen molar-refractivity contribution in [3.8, 4) is 0 Å². The van der Waals surface area contributed by atoms with Crippen LogP contribution >= 0.6 is 0 Å². The third-order valence-corrected chi connectivity index (χ3v) is 4.71. The summed E-state index contributed by atoms with van der Waals surface area (Å²) in [6, 6.07) is 12.8. The Hall–Kier alpha value is -3.26. The van der Waals surface area contributed by atoms with Crippen molar-refractivity contribution in [3.63, 3.8) is 0 Å². The number of nitro benzene ring substituents is 1. The van der Waals surface area contributed by atoms with Gasteiger partial charge in [-0.2, -0.15) is 0 Å². The number of carbonyl (C=O) groups excluding carboxylic acids is 1. The summed E-state index contributed by atoms with van der Waals surface area (Å²) in [7, 11) is 0.